The summed E-state index contributed by atoms with van der Waals surface area (Å²) in [4.78, 5) is 10.9. The standard InChI is InChI=1S/C9H24NO4PSi2/c1-9(11)10-8-15(12,13-16(2,3)4)14-17(5,6)7/h8H2,1-7H3,(H,10,11). The SMILES string of the molecule is CC(=O)NCP(=O)(O[Si](C)(C)C)O[Si](C)(C)C. The molecule has 5 nitrogen and oxygen atoms in total. The zero-order valence-corrected chi connectivity index (χ0v) is 14.7. The van der Waals surface area contributed by atoms with Crippen molar-refractivity contribution in [3.05, 3.63) is 0 Å². The van der Waals surface area contributed by atoms with E-state index in [1.807, 2.05) is 39.3 Å². The van der Waals surface area contributed by atoms with Crippen molar-refractivity contribution in [3.63, 3.8) is 0 Å². The van der Waals surface area contributed by atoms with E-state index in [2.05, 4.69) is 5.32 Å². The van der Waals surface area contributed by atoms with Crippen molar-refractivity contribution in [2.45, 2.75) is 46.2 Å². The summed E-state index contributed by atoms with van der Waals surface area (Å²) in [6.07, 6.45) is -0.0448. The lowest BCUT2D eigenvalue weighted by Gasteiger charge is -2.30. The molecule has 0 heterocycles. The minimum Gasteiger partial charge on any atom is -0.350 e. The number of nitrogens with one attached hydrogen (secondary N) is 1. The molecule has 0 aromatic heterocycles. The van der Waals surface area contributed by atoms with E-state index in [4.69, 9.17) is 8.43 Å². The quantitative estimate of drug-likeness (QED) is 0.604. The van der Waals surface area contributed by atoms with Crippen LogP contribution in [-0.2, 0) is 17.8 Å². The smallest absolute Gasteiger partial charge is 0.330 e. The molecule has 0 atom stereocenters. The van der Waals surface area contributed by atoms with E-state index in [-0.39, 0.29) is 12.2 Å². The van der Waals surface area contributed by atoms with Gasteiger partial charge in [0.2, 0.25) is 5.91 Å². The molecule has 0 fully saturated rings. The number of hydrogen-bond acceptors (Lipinski definition) is 4. The first-order chi connectivity index (χ1) is 7.33. The Kier molecular flexibility index (Phi) is 5.81. The van der Waals surface area contributed by atoms with Crippen LogP contribution in [0.15, 0.2) is 0 Å². The molecule has 0 aromatic rings. The van der Waals surface area contributed by atoms with E-state index in [0.717, 1.165) is 0 Å². The fraction of sp³-hybridized carbons (Fsp3) is 0.889. The third-order valence-corrected chi connectivity index (χ3v) is 8.50. The Bertz CT molecular complexity index is 302. The van der Waals surface area contributed by atoms with E-state index in [1.165, 1.54) is 6.92 Å². The van der Waals surface area contributed by atoms with E-state index >= 15 is 0 Å². The van der Waals surface area contributed by atoms with E-state index in [9.17, 15) is 9.36 Å². The zero-order valence-electron chi connectivity index (χ0n) is 11.8. The largest absolute Gasteiger partial charge is 0.350 e. The highest BCUT2D eigenvalue weighted by Gasteiger charge is 2.36. The fourth-order valence-corrected chi connectivity index (χ4v) is 9.22. The van der Waals surface area contributed by atoms with Crippen LogP contribution in [0.1, 0.15) is 6.92 Å². The van der Waals surface area contributed by atoms with Crippen molar-refractivity contribution in [2.75, 3.05) is 6.29 Å². The number of carbonyl (C=O) groups is 1. The maximum absolute atomic E-state index is 12.6. The van der Waals surface area contributed by atoms with Crippen LogP contribution in [0.2, 0.25) is 39.3 Å². The summed E-state index contributed by atoms with van der Waals surface area (Å²) in [5.41, 5.74) is 0. The molecule has 1 N–H and O–H groups in total. The highest BCUT2D eigenvalue weighted by atomic mass is 31.2. The number of carbonyl (C=O) groups excluding carboxylic acids is 1. The maximum atomic E-state index is 12.6. The molecule has 0 radical (unpaired) electrons. The monoisotopic (exact) mass is 297 g/mol. The molecular weight excluding hydrogens is 273 g/mol. The van der Waals surface area contributed by atoms with Gasteiger partial charge in [0.1, 0.15) is 6.29 Å². The number of amides is 1. The van der Waals surface area contributed by atoms with Crippen LogP contribution in [0.25, 0.3) is 0 Å². The van der Waals surface area contributed by atoms with Crippen molar-refractivity contribution in [2.24, 2.45) is 0 Å². The molecule has 0 aliphatic heterocycles. The molecule has 0 bridgehead atoms. The molecule has 8 heteroatoms. The van der Waals surface area contributed by atoms with Crippen LogP contribution in [-0.4, -0.2) is 28.8 Å². The third-order valence-electron chi connectivity index (χ3n) is 1.35. The second kappa shape index (κ2) is 5.80. The summed E-state index contributed by atoms with van der Waals surface area (Å²) in [7, 11) is -7.19. The highest BCUT2D eigenvalue weighted by Crippen LogP contribution is 2.51. The second-order valence-corrected chi connectivity index (χ2v) is 17.4. The summed E-state index contributed by atoms with van der Waals surface area (Å²) >= 11 is 0. The van der Waals surface area contributed by atoms with Crippen LogP contribution >= 0.6 is 7.60 Å². The topological polar surface area (TPSA) is 64.6 Å². The molecule has 0 unspecified atom stereocenters. The van der Waals surface area contributed by atoms with Crippen molar-refractivity contribution in [1.82, 2.24) is 5.32 Å². The lowest BCUT2D eigenvalue weighted by atomic mass is 10.7. The van der Waals surface area contributed by atoms with Gasteiger partial charge >= 0.3 is 7.60 Å². The summed E-state index contributed by atoms with van der Waals surface area (Å²) in [6.45, 7) is 13.1. The molecule has 0 aliphatic rings. The van der Waals surface area contributed by atoms with E-state index in [1.54, 1.807) is 0 Å². The number of rotatable bonds is 6. The number of hydrogen-bond donors (Lipinski definition) is 1. The first-order valence-corrected chi connectivity index (χ1v) is 14.1. The normalized spacial score (nSPS) is 13.6. The zero-order chi connectivity index (χ0) is 13.9. The predicted octanol–water partition coefficient (Wildman–Crippen LogP) is 2.98. The lowest BCUT2D eigenvalue weighted by Crippen LogP contribution is -2.34. The van der Waals surface area contributed by atoms with E-state index in [0.29, 0.717) is 0 Å². The molecule has 0 aromatic carbocycles. The van der Waals surface area contributed by atoms with Gasteiger partial charge < -0.3 is 13.7 Å². The van der Waals surface area contributed by atoms with Crippen LogP contribution in [0.3, 0.4) is 0 Å². The van der Waals surface area contributed by atoms with Crippen molar-refractivity contribution in [3.8, 4) is 0 Å². The highest BCUT2D eigenvalue weighted by molar-refractivity contribution is 7.57. The van der Waals surface area contributed by atoms with Gasteiger partial charge in [0.05, 0.1) is 0 Å². The van der Waals surface area contributed by atoms with Gasteiger partial charge in [-0.1, -0.05) is 0 Å². The second-order valence-electron chi connectivity index (χ2n) is 5.91. The minimum atomic E-state index is -3.22. The first kappa shape index (κ1) is 17.1. The fourth-order valence-electron chi connectivity index (χ4n) is 1.13. The molecule has 0 rings (SSSR count). The van der Waals surface area contributed by atoms with Crippen LogP contribution in [0.5, 0.6) is 0 Å². The lowest BCUT2D eigenvalue weighted by molar-refractivity contribution is -0.118. The van der Waals surface area contributed by atoms with Gasteiger partial charge in [-0.05, 0) is 39.3 Å². The Morgan fingerprint density at radius 3 is 1.65 bits per heavy atom. The predicted molar refractivity (Wildman–Crippen MR) is 75.2 cm³/mol. The van der Waals surface area contributed by atoms with Gasteiger partial charge in [0, 0.05) is 6.92 Å². The van der Waals surface area contributed by atoms with E-state index < -0.39 is 24.2 Å². The molecule has 0 saturated carbocycles. The average molecular weight is 297 g/mol. The molecule has 0 saturated heterocycles. The Labute approximate surface area is 106 Å². The van der Waals surface area contributed by atoms with Gasteiger partial charge in [0.15, 0.2) is 16.6 Å². The van der Waals surface area contributed by atoms with Crippen LogP contribution in [0.4, 0.5) is 0 Å². The summed E-state index contributed by atoms with van der Waals surface area (Å²) in [5, 5.41) is 2.52. The molecule has 17 heavy (non-hydrogen) atoms. The molecule has 0 aliphatic carbocycles. The summed E-state index contributed by atoms with van der Waals surface area (Å²) in [6, 6.07) is 0. The summed E-state index contributed by atoms with van der Waals surface area (Å²) in [5.74, 6) is -0.233. The molecule has 0 spiro atoms. The third kappa shape index (κ3) is 9.73. The van der Waals surface area contributed by atoms with Crippen molar-refractivity contribution >= 4 is 30.1 Å². The Morgan fingerprint density at radius 1 is 1.06 bits per heavy atom. The van der Waals surface area contributed by atoms with Crippen molar-refractivity contribution in [1.29, 1.82) is 0 Å². The van der Waals surface area contributed by atoms with Crippen molar-refractivity contribution < 1.29 is 17.8 Å². The molecule has 102 valence electrons. The van der Waals surface area contributed by atoms with Gasteiger partial charge in [-0.25, -0.2) is 0 Å². The van der Waals surface area contributed by atoms with Crippen LogP contribution in [0, 0.1) is 0 Å². The first-order valence-electron chi connectivity index (χ1n) is 5.58. The van der Waals surface area contributed by atoms with Gasteiger partial charge in [0.25, 0.3) is 0 Å². The molecular formula is C9H24NO4PSi2. The van der Waals surface area contributed by atoms with Gasteiger partial charge in [-0.2, -0.15) is 0 Å². The minimum absolute atomic E-state index is 0.0448. The Balaban J connectivity index is 4.82. The van der Waals surface area contributed by atoms with Gasteiger partial charge in [-0.15, -0.1) is 0 Å². The average Bonchev–Trinajstić information content (AvgIpc) is 1.93. The maximum Gasteiger partial charge on any atom is 0.330 e. The van der Waals surface area contributed by atoms with Gasteiger partial charge in [-0.3, -0.25) is 9.36 Å². The molecule has 1 amide bonds. The Morgan fingerprint density at radius 2 is 1.41 bits per heavy atom. The van der Waals surface area contributed by atoms with Crippen LogP contribution < -0.4 is 5.32 Å². The summed E-state index contributed by atoms with van der Waals surface area (Å²) < 4.78 is 23.8. The Hall–Kier alpha value is 0.0538.